The molecule has 15 nitrogen and oxygen atoms in total. The molecule has 4 aliphatic rings. The van der Waals surface area contributed by atoms with E-state index >= 15 is 4.79 Å². The molecule has 1 aliphatic heterocycles. The van der Waals surface area contributed by atoms with Gasteiger partial charge < -0.3 is 44.3 Å². The molecule has 1 saturated heterocycles. The molecule has 15 heteroatoms. The summed E-state index contributed by atoms with van der Waals surface area (Å²) in [7, 11) is 0. The van der Waals surface area contributed by atoms with Gasteiger partial charge in [0, 0.05) is 37.2 Å². The maximum atomic E-state index is 15.7. The number of nitrogens with one attached hydrogen (secondary N) is 1. The summed E-state index contributed by atoms with van der Waals surface area (Å²) in [4.78, 5) is 84.5. The van der Waals surface area contributed by atoms with Crippen molar-refractivity contribution in [3.05, 3.63) is 119 Å². The number of amides is 1. The van der Waals surface area contributed by atoms with Gasteiger partial charge in [0.1, 0.15) is 23.9 Å². The normalized spacial score (nSPS) is 31.2. The molecule has 0 aromatic heterocycles. The molecule has 2 bridgehead atoms. The zero-order valence-corrected chi connectivity index (χ0v) is 36.6. The summed E-state index contributed by atoms with van der Waals surface area (Å²) in [6.07, 6.45) is -10.3. The molecule has 3 aromatic rings. The number of ether oxygens (including phenoxy) is 5. The van der Waals surface area contributed by atoms with Crippen LogP contribution in [0.4, 0.5) is 0 Å². The maximum absolute atomic E-state index is 15.7. The highest BCUT2D eigenvalue weighted by Gasteiger charge is 2.78. The van der Waals surface area contributed by atoms with Crippen LogP contribution in [0.25, 0.3) is 0 Å². The largest absolute Gasteiger partial charge is 0.456 e. The fourth-order valence-corrected chi connectivity index (χ4v) is 10.4. The molecule has 1 heterocycles. The second-order valence-corrected chi connectivity index (χ2v) is 18.0. The van der Waals surface area contributed by atoms with E-state index < -0.39 is 113 Å². The van der Waals surface area contributed by atoms with E-state index in [9.17, 15) is 39.3 Å². The van der Waals surface area contributed by atoms with Crippen molar-refractivity contribution in [2.45, 2.75) is 121 Å². The van der Waals surface area contributed by atoms with Gasteiger partial charge in [0.25, 0.3) is 5.91 Å². The Balaban J connectivity index is 1.40. The lowest BCUT2D eigenvalue weighted by molar-refractivity contribution is -0.346. The number of benzene rings is 3. The van der Waals surface area contributed by atoms with Crippen molar-refractivity contribution < 1.29 is 67.8 Å². The van der Waals surface area contributed by atoms with E-state index in [2.05, 4.69) is 5.32 Å². The van der Waals surface area contributed by atoms with Crippen LogP contribution < -0.4 is 5.32 Å². The molecule has 0 spiro atoms. The number of carbonyl (C=O) groups excluding carboxylic acids is 6. The quantitative estimate of drug-likeness (QED) is 0.112. The van der Waals surface area contributed by atoms with E-state index in [-0.39, 0.29) is 41.7 Å². The average molecular weight is 882 g/mol. The first-order chi connectivity index (χ1) is 30.3. The smallest absolute Gasteiger partial charge is 0.338 e. The number of rotatable bonds is 12. The van der Waals surface area contributed by atoms with Crippen LogP contribution in [0.1, 0.15) is 99.5 Å². The Morgan fingerprint density at radius 3 is 2.03 bits per heavy atom. The number of hydrogen-bond acceptors (Lipinski definition) is 14. The van der Waals surface area contributed by atoms with Crippen LogP contribution in [0.15, 0.2) is 102 Å². The topological polar surface area (TPSA) is 221 Å². The van der Waals surface area contributed by atoms with Crippen molar-refractivity contribution >= 4 is 35.6 Å². The molecule has 340 valence electrons. The number of hydrogen-bond donors (Lipinski definition) is 4. The van der Waals surface area contributed by atoms with Gasteiger partial charge in [-0.3, -0.25) is 19.2 Å². The molecule has 4 N–H and O–H groups in total. The number of aliphatic hydroxyl groups excluding tert-OH is 2. The lowest BCUT2D eigenvalue weighted by Gasteiger charge is -2.67. The lowest BCUT2D eigenvalue weighted by Crippen LogP contribution is -2.82. The van der Waals surface area contributed by atoms with Crippen molar-refractivity contribution in [3.8, 4) is 0 Å². The number of ketones is 1. The first-order valence-electron chi connectivity index (χ1n) is 21.5. The molecule has 0 radical (unpaired) electrons. The highest BCUT2D eigenvalue weighted by atomic mass is 16.6. The summed E-state index contributed by atoms with van der Waals surface area (Å²) >= 11 is 0. The Labute approximate surface area is 371 Å². The summed E-state index contributed by atoms with van der Waals surface area (Å²) in [5, 5.41) is 40.5. The lowest BCUT2D eigenvalue weighted by atomic mass is 9.44. The third-order valence-corrected chi connectivity index (χ3v) is 13.9. The van der Waals surface area contributed by atoms with Gasteiger partial charge in [-0.05, 0) is 61.2 Å². The molecule has 3 fully saturated rings. The molecule has 3 aliphatic carbocycles. The van der Waals surface area contributed by atoms with Gasteiger partial charge in [0.2, 0.25) is 0 Å². The van der Waals surface area contributed by atoms with Gasteiger partial charge >= 0.3 is 23.9 Å². The van der Waals surface area contributed by atoms with Gasteiger partial charge in [-0.15, -0.1) is 0 Å². The number of Topliss-reactive ketones (excluding diaryl/α,β-unsaturated/α-hetero) is 1. The first kappa shape index (κ1) is 46.3. The van der Waals surface area contributed by atoms with Crippen molar-refractivity contribution in [2.75, 3.05) is 6.61 Å². The summed E-state index contributed by atoms with van der Waals surface area (Å²) in [6.45, 7) is 8.71. The fourth-order valence-electron chi connectivity index (χ4n) is 10.4. The first-order valence-corrected chi connectivity index (χ1v) is 21.5. The minimum absolute atomic E-state index is 0.0149. The summed E-state index contributed by atoms with van der Waals surface area (Å²) in [5.41, 5.74) is -6.99. The third-order valence-electron chi connectivity index (χ3n) is 13.9. The molecule has 3 unspecified atom stereocenters. The van der Waals surface area contributed by atoms with Gasteiger partial charge in [-0.2, -0.15) is 0 Å². The second-order valence-electron chi connectivity index (χ2n) is 18.0. The predicted molar refractivity (Wildman–Crippen MR) is 227 cm³/mol. The van der Waals surface area contributed by atoms with Crippen LogP contribution in [0, 0.1) is 16.7 Å². The molecule has 11 atom stereocenters. The van der Waals surface area contributed by atoms with Gasteiger partial charge in [-0.1, -0.05) is 87.5 Å². The molecular weight excluding hydrogens is 827 g/mol. The molecule has 2 saturated carbocycles. The standard InChI is InChI=1S/C49H55NO14/c1-7-17-35(53)62-39-36-27(2)32(61-45(58)38(54)37(29-18-11-8-12-19-29)50-43(56)30-20-13-9-14-21-30)25-49(59,46(36,4)5)42(63-44(57)31-22-15-10-16-23-31)40-47(6,41(39)55)33(52)24-34-48(40,26-60-34)64-28(3)51/h8-16,18-23,32-34,37-40,42,52,54,59H,7,17,24-26H2,1-6H3,(H,50,56)/t32-,33-,34+,37?,38?,39+,40?,42-,47+,48-,49+/m0/s1. The summed E-state index contributed by atoms with van der Waals surface area (Å²) in [6, 6.07) is 23.0. The van der Waals surface area contributed by atoms with Crippen molar-refractivity contribution in [2.24, 2.45) is 16.7 Å². The van der Waals surface area contributed by atoms with E-state index in [0.717, 1.165) is 6.92 Å². The second kappa shape index (κ2) is 17.7. The Bertz CT molecular complexity index is 2320. The number of aliphatic hydroxyl groups is 3. The van der Waals surface area contributed by atoms with Crippen LogP contribution in [0.2, 0.25) is 0 Å². The van der Waals surface area contributed by atoms with Gasteiger partial charge in [-0.25, -0.2) is 9.59 Å². The van der Waals surface area contributed by atoms with E-state index in [4.69, 9.17) is 23.7 Å². The molecule has 3 aromatic carbocycles. The van der Waals surface area contributed by atoms with E-state index in [1.165, 1.54) is 19.1 Å². The van der Waals surface area contributed by atoms with Crippen LogP contribution in [-0.2, 0) is 42.9 Å². The number of carbonyl (C=O) groups is 6. The van der Waals surface area contributed by atoms with Crippen LogP contribution in [0.5, 0.6) is 0 Å². The van der Waals surface area contributed by atoms with Gasteiger partial charge in [0.15, 0.2) is 23.6 Å². The fraction of sp³-hybridized carbons (Fsp3) is 0.469. The zero-order chi connectivity index (χ0) is 46.4. The number of fused-ring (bicyclic) bond motifs is 5. The highest BCUT2D eigenvalue weighted by molar-refractivity contribution is 5.96. The predicted octanol–water partition coefficient (Wildman–Crippen LogP) is 4.52. The highest BCUT2D eigenvalue weighted by Crippen LogP contribution is 2.64. The minimum Gasteiger partial charge on any atom is -0.456 e. The van der Waals surface area contributed by atoms with Crippen LogP contribution in [-0.4, -0.2) is 105 Å². The van der Waals surface area contributed by atoms with E-state index in [1.807, 2.05) is 0 Å². The maximum Gasteiger partial charge on any atom is 0.338 e. The minimum atomic E-state index is -2.39. The van der Waals surface area contributed by atoms with Crippen molar-refractivity contribution in [1.82, 2.24) is 5.32 Å². The van der Waals surface area contributed by atoms with E-state index in [1.54, 1.807) is 107 Å². The van der Waals surface area contributed by atoms with Gasteiger partial charge in [0.05, 0.1) is 35.6 Å². The van der Waals surface area contributed by atoms with Crippen molar-refractivity contribution in [3.63, 3.8) is 0 Å². The Morgan fingerprint density at radius 2 is 1.47 bits per heavy atom. The Morgan fingerprint density at radius 1 is 0.875 bits per heavy atom. The Hall–Kier alpha value is -5.74. The van der Waals surface area contributed by atoms with Crippen molar-refractivity contribution in [1.29, 1.82) is 0 Å². The average Bonchev–Trinajstić information content (AvgIpc) is 3.27. The summed E-state index contributed by atoms with van der Waals surface area (Å²) in [5.74, 6) is -6.69. The SMILES string of the molecule is CCCC(=O)O[C@H]1C(=O)[C@@]2(C)C([C@H](OC(=O)c3ccccc3)[C@]3(O)C[C@H](OC(=O)C(O)C(NC(=O)c4ccccc4)c4ccccc4)C(C)=C1C3(C)C)[C@]1(OC(C)=O)CO[C@@H]1C[C@@H]2O. The molecule has 64 heavy (non-hydrogen) atoms. The molecule has 7 rings (SSSR count). The Kier molecular flexibility index (Phi) is 12.8. The van der Waals surface area contributed by atoms with Crippen LogP contribution in [0.3, 0.4) is 0 Å². The molecule has 1 amide bonds. The van der Waals surface area contributed by atoms with E-state index in [0.29, 0.717) is 12.0 Å². The summed E-state index contributed by atoms with van der Waals surface area (Å²) < 4.78 is 30.7. The number of esters is 4. The monoisotopic (exact) mass is 881 g/mol. The molecular formula is C49H55NO14. The zero-order valence-electron chi connectivity index (χ0n) is 36.6. The third kappa shape index (κ3) is 7.82. The van der Waals surface area contributed by atoms with Crippen LogP contribution >= 0.6 is 0 Å².